The molecule has 0 saturated heterocycles. The van der Waals surface area contributed by atoms with E-state index in [1.165, 1.54) is 11.1 Å². The molecule has 0 aliphatic heterocycles. The van der Waals surface area contributed by atoms with Crippen LogP contribution in [0.2, 0.25) is 0 Å². The molecule has 4 nitrogen and oxygen atoms in total. The average molecular weight is 482 g/mol. The van der Waals surface area contributed by atoms with Gasteiger partial charge in [0, 0.05) is 29.2 Å². The van der Waals surface area contributed by atoms with Crippen LogP contribution in [0, 0.1) is 5.92 Å². The Morgan fingerprint density at radius 2 is 1.55 bits per heavy atom. The fourth-order valence-corrected chi connectivity index (χ4v) is 4.09. The van der Waals surface area contributed by atoms with Crippen molar-refractivity contribution in [2.75, 3.05) is 13.2 Å². The van der Waals surface area contributed by atoms with Crippen LogP contribution in [-0.2, 0) is 19.4 Å². The van der Waals surface area contributed by atoms with Gasteiger partial charge in [-0.25, -0.2) is 4.57 Å². The maximum Gasteiger partial charge on any atom is 0.173 e. The van der Waals surface area contributed by atoms with E-state index in [4.69, 9.17) is 9.47 Å². The molecular weight excluding hydrogens is 454 g/mol. The number of fused-ring (bicyclic) bond motifs is 1. The fraction of sp³-hybridized carbons (Fsp3) is 0.308. The van der Waals surface area contributed by atoms with E-state index in [2.05, 4.69) is 53.4 Å². The first-order valence-electron chi connectivity index (χ1n) is 10.7. The number of aromatic nitrogens is 1. The first kappa shape index (κ1) is 23.0. The lowest BCUT2D eigenvalue weighted by atomic mass is 9.96. The standard InChI is InChI=1S/C26H28NO3.BrH/c1-3-29-24-16-21-15-22(26(28)23(21)17-25(24)30-4-2)14-19-10-12-27(13-11-19)18-20-8-6-5-7-9-20;/h5-13,16-17,22H,3-4,14-15,18H2,1-2H3;1H/q+1;/p-1. The van der Waals surface area contributed by atoms with Crippen molar-refractivity contribution in [3.63, 3.8) is 0 Å². The number of hydrogen-bond acceptors (Lipinski definition) is 3. The molecule has 0 fully saturated rings. The molecule has 1 aliphatic rings. The number of carbonyl (C=O) groups is 1. The van der Waals surface area contributed by atoms with Gasteiger partial charge >= 0.3 is 0 Å². The number of ketones is 1. The Morgan fingerprint density at radius 1 is 0.903 bits per heavy atom. The average Bonchev–Trinajstić information content (AvgIpc) is 3.05. The van der Waals surface area contributed by atoms with Crippen molar-refractivity contribution < 1.29 is 35.8 Å². The zero-order valence-corrected chi connectivity index (χ0v) is 19.6. The van der Waals surface area contributed by atoms with Gasteiger partial charge in [0.05, 0.1) is 13.2 Å². The third kappa shape index (κ3) is 5.34. The number of rotatable bonds is 8. The van der Waals surface area contributed by atoms with E-state index in [9.17, 15) is 4.79 Å². The number of Topliss-reactive ketones (excluding diaryl/α,β-unsaturated/α-hetero) is 1. The molecule has 1 aliphatic carbocycles. The lowest BCUT2D eigenvalue weighted by Crippen LogP contribution is -3.00. The summed E-state index contributed by atoms with van der Waals surface area (Å²) in [5.74, 6) is 1.56. The molecule has 0 amide bonds. The van der Waals surface area contributed by atoms with E-state index in [1.54, 1.807) is 0 Å². The molecule has 0 N–H and O–H groups in total. The Bertz CT molecular complexity index is 1020. The van der Waals surface area contributed by atoms with Gasteiger partial charge in [0.2, 0.25) is 0 Å². The Labute approximate surface area is 194 Å². The number of pyridine rings is 1. The second kappa shape index (κ2) is 10.6. The summed E-state index contributed by atoms with van der Waals surface area (Å²) in [4.78, 5) is 13.0. The molecule has 0 spiro atoms. The molecular formula is C26H28BrNO3. The molecule has 0 bridgehead atoms. The topological polar surface area (TPSA) is 39.4 Å². The Kier molecular flexibility index (Phi) is 7.85. The van der Waals surface area contributed by atoms with Crippen LogP contribution < -0.4 is 31.0 Å². The summed E-state index contributed by atoms with van der Waals surface area (Å²) in [5, 5.41) is 0. The van der Waals surface area contributed by atoms with Gasteiger partial charge < -0.3 is 26.5 Å². The van der Waals surface area contributed by atoms with Gasteiger partial charge in [0.25, 0.3) is 0 Å². The second-order valence-corrected chi connectivity index (χ2v) is 7.66. The summed E-state index contributed by atoms with van der Waals surface area (Å²) >= 11 is 0. The van der Waals surface area contributed by atoms with Crippen molar-refractivity contribution in [1.82, 2.24) is 0 Å². The highest BCUT2D eigenvalue weighted by Gasteiger charge is 2.32. The number of ether oxygens (including phenoxy) is 2. The van der Waals surface area contributed by atoms with Gasteiger partial charge in [-0.15, -0.1) is 0 Å². The Balaban J connectivity index is 0.00000272. The van der Waals surface area contributed by atoms with Crippen LogP contribution in [0.1, 0.15) is 40.9 Å². The zero-order chi connectivity index (χ0) is 20.9. The van der Waals surface area contributed by atoms with E-state index in [1.807, 2.05) is 32.0 Å². The van der Waals surface area contributed by atoms with Crippen LogP contribution in [0.25, 0.3) is 0 Å². The van der Waals surface area contributed by atoms with Crippen molar-refractivity contribution in [3.8, 4) is 11.5 Å². The van der Waals surface area contributed by atoms with Gasteiger partial charge in [-0.3, -0.25) is 4.79 Å². The summed E-state index contributed by atoms with van der Waals surface area (Å²) < 4.78 is 13.6. The predicted molar refractivity (Wildman–Crippen MR) is 116 cm³/mol. The quantitative estimate of drug-likeness (QED) is 0.456. The van der Waals surface area contributed by atoms with Crippen molar-refractivity contribution >= 4 is 5.78 Å². The molecule has 1 aromatic heterocycles. The van der Waals surface area contributed by atoms with E-state index in [0.29, 0.717) is 19.0 Å². The van der Waals surface area contributed by atoms with Crippen molar-refractivity contribution in [2.24, 2.45) is 5.92 Å². The summed E-state index contributed by atoms with van der Waals surface area (Å²) in [5.41, 5.74) is 4.29. The SMILES string of the molecule is CCOc1cc2c(cc1OCC)C(=O)C(Cc1cc[n+](Cc3ccccc3)cc1)C2.[Br-]. The molecule has 3 aromatic rings. The smallest absolute Gasteiger partial charge is 0.173 e. The highest BCUT2D eigenvalue weighted by Crippen LogP contribution is 2.38. The number of nitrogens with zero attached hydrogens (tertiary/aromatic N) is 1. The highest BCUT2D eigenvalue weighted by atomic mass is 79.9. The van der Waals surface area contributed by atoms with Crippen LogP contribution in [-0.4, -0.2) is 19.0 Å². The normalized spacial score (nSPS) is 14.6. The molecule has 162 valence electrons. The molecule has 1 heterocycles. The highest BCUT2D eigenvalue weighted by molar-refractivity contribution is 6.03. The fourth-order valence-electron chi connectivity index (χ4n) is 4.09. The Morgan fingerprint density at radius 3 is 2.19 bits per heavy atom. The van der Waals surface area contributed by atoms with Gasteiger partial charge in [-0.2, -0.15) is 0 Å². The number of halogens is 1. The summed E-state index contributed by atoms with van der Waals surface area (Å²) in [7, 11) is 0. The van der Waals surface area contributed by atoms with Crippen LogP contribution in [0.4, 0.5) is 0 Å². The van der Waals surface area contributed by atoms with Crippen LogP contribution >= 0.6 is 0 Å². The minimum atomic E-state index is -0.0312. The minimum absolute atomic E-state index is 0. The molecule has 0 radical (unpaired) electrons. The van der Waals surface area contributed by atoms with Crippen LogP contribution in [0.15, 0.2) is 67.0 Å². The third-order valence-electron chi connectivity index (χ3n) is 5.52. The van der Waals surface area contributed by atoms with Gasteiger partial charge in [-0.05, 0) is 49.9 Å². The number of benzene rings is 2. The van der Waals surface area contributed by atoms with E-state index in [-0.39, 0.29) is 28.7 Å². The molecule has 0 saturated carbocycles. The maximum atomic E-state index is 13.0. The molecule has 4 rings (SSSR count). The second-order valence-electron chi connectivity index (χ2n) is 7.66. The van der Waals surface area contributed by atoms with E-state index in [0.717, 1.165) is 36.3 Å². The molecule has 1 atom stereocenters. The van der Waals surface area contributed by atoms with Crippen LogP contribution in [0.3, 0.4) is 0 Å². The molecule has 31 heavy (non-hydrogen) atoms. The van der Waals surface area contributed by atoms with Crippen molar-refractivity contribution in [3.05, 3.63) is 89.2 Å². The molecule has 2 aromatic carbocycles. The maximum absolute atomic E-state index is 13.0. The molecule has 1 unspecified atom stereocenters. The van der Waals surface area contributed by atoms with Gasteiger partial charge in [0.15, 0.2) is 36.2 Å². The van der Waals surface area contributed by atoms with Crippen molar-refractivity contribution in [2.45, 2.75) is 33.2 Å². The van der Waals surface area contributed by atoms with Crippen LogP contribution in [0.5, 0.6) is 11.5 Å². The summed E-state index contributed by atoms with van der Waals surface area (Å²) in [6, 6.07) is 18.5. The lowest BCUT2D eigenvalue weighted by Gasteiger charge is -2.12. The predicted octanol–water partition coefficient (Wildman–Crippen LogP) is 1.42. The van der Waals surface area contributed by atoms with Crippen molar-refractivity contribution in [1.29, 1.82) is 0 Å². The van der Waals surface area contributed by atoms with E-state index >= 15 is 0 Å². The van der Waals surface area contributed by atoms with Gasteiger partial charge in [-0.1, -0.05) is 30.3 Å². The minimum Gasteiger partial charge on any atom is -1.00 e. The van der Waals surface area contributed by atoms with Gasteiger partial charge in [0.1, 0.15) is 0 Å². The Hall–Kier alpha value is -2.66. The summed E-state index contributed by atoms with van der Waals surface area (Å²) in [6.45, 7) is 5.85. The zero-order valence-electron chi connectivity index (χ0n) is 18.0. The number of hydrogen-bond donors (Lipinski definition) is 0. The third-order valence-corrected chi connectivity index (χ3v) is 5.52. The molecule has 5 heteroatoms. The first-order chi connectivity index (χ1) is 14.7. The first-order valence-corrected chi connectivity index (χ1v) is 10.7. The lowest BCUT2D eigenvalue weighted by molar-refractivity contribution is -0.688. The number of carbonyl (C=O) groups excluding carboxylic acids is 1. The van der Waals surface area contributed by atoms with E-state index < -0.39 is 0 Å². The monoisotopic (exact) mass is 481 g/mol. The largest absolute Gasteiger partial charge is 1.00 e. The summed E-state index contributed by atoms with van der Waals surface area (Å²) in [6.07, 6.45) is 5.68.